The maximum atomic E-state index is 13.2. The van der Waals surface area contributed by atoms with Gasteiger partial charge in [0, 0.05) is 15.6 Å². The van der Waals surface area contributed by atoms with E-state index in [9.17, 15) is 4.39 Å². The quantitative estimate of drug-likeness (QED) is 0.920. The fraction of sp³-hybridized carbons (Fsp3) is 0.182. The molecule has 0 spiro atoms. The van der Waals surface area contributed by atoms with E-state index >= 15 is 0 Å². The van der Waals surface area contributed by atoms with Crippen molar-refractivity contribution in [1.82, 2.24) is 5.16 Å². The number of benzene rings is 1. The molecule has 0 unspecified atom stereocenters. The number of hydrogen-bond donors (Lipinski definition) is 1. The van der Waals surface area contributed by atoms with Crippen LogP contribution in [0.4, 0.5) is 10.2 Å². The van der Waals surface area contributed by atoms with E-state index in [-0.39, 0.29) is 5.82 Å². The molecule has 2 N–H and O–H groups in total. The molecule has 2 aromatic rings. The van der Waals surface area contributed by atoms with Crippen molar-refractivity contribution in [3.63, 3.8) is 0 Å². The first-order valence-electron chi connectivity index (χ1n) is 4.82. The summed E-state index contributed by atoms with van der Waals surface area (Å²) in [5.74, 6) is 0.555. The summed E-state index contributed by atoms with van der Waals surface area (Å²) in [7, 11) is 0. The lowest BCUT2D eigenvalue weighted by atomic mass is 10.1. The molecule has 3 nitrogen and oxygen atoms in total. The molecule has 5 heteroatoms. The predicted molar refractivity (Wildman–Crippen MR) is 63.4 cm³/mol. The van der Waals surface area contributed by atoms with E-state index in [1.54, 1.807) is 6.07 Å². The molecule has 0 aliphatic rings. The minimum atomic E-state index is -0.332. The van der Waals surface area contributed by atoms with Gasteiger partial charge in [-0.05, 0) is 24.6 Å². The molecule has 0 aliphatic heterocycles. The topological polar surface area (TPSA) is 52.0 Å². The predicted octanol–water partition coefficient (Wildman–Crippen LogP) is 3.39. The van der Waals surface area contributed by atoms with Crippen LogP contribution in [0.15, 0.2) is 27.2 Å². The summed E-state index contributed by atoms with van der Waals surface area (Å²) in [5.41, 5.74) is 7.09. The zero-order valence-corrected chi connectivity index (χ0v) is 10.2. The highest BCUT2D eigenvalue weighted by molar-refractivity contribution is 9.10. The first-order valence-corrected chi connectivity index (χ1v) is 5.61. The molecule has 1 aromatic carbocycles. The molecule has 2 rings (SSSR count). The van der Waals surface area contributed by atoms with Gasteiger partial charge in [0.25, 0.3) is 0 Å². The number of halogens is 2. The van der Waals surface area contributed by atoms with Crippen LogP contribution in [0, 0.1) is 5.82 Å². The highest BCUT2D eigenvalue weighted by Gasteiger charge is 2.15. The Balaban J connectivity index is 2.58. The minimum absolute atomic E-state index is 0.332. The summed E-state index contributed by atoms with van der Waals surface area (Å²) in [6.07, 6.45) is 0.693. The number of hydrogen-bond acceptors (Lipinski definition) is 3. The molecule has 84 valence electrons. The molecule has 0 amide bonds. The standard InChI is InChI=1S/C11H10BrFN2O/c1-2-9-10(16-15-11(9)14)6-3-7(12)5-8(13)4-6/h3-5H,2H2,1H3,(H2,14,15). The van der Waals surface area contributed by atoms with Gasteiger partial charge in [0.2, 0.25) is 0 Å². The van der Waals surface area contributed by atoms with Gasteiger partial charge < -0.3 is 10.3 Å². The number of aromatic nitrogens is 1. The molecule has 0 aliphatic carbocycles. The molecule has 0 radical (unpaired) electrons. The largest absolute Gasteiger partial charge is 0.381 e. The molecule has 0 saturated carbocycles. The molecule has 16 heavy (non-hydrogen) atoms. The number of nitrogens with zero attached hydrogens (tertiary/aromatic N) is 1. The lowest BCUT2D eigenvalue weighted by Crippen LogP contribution is -1.91. The molecule has 0 atom stereocenters. The Hall–Kier alpha value is -1.36. The second kappa shape index (κ2) is 4.25. The van der Waals surface area contributed by atoms with Gasteiger partial charge in [-0.3, -0.25) is 0 Å². The third-order valence-corrected chi connectivity index (χ3v) is 2.75. The fourth-order valence-corrected chi connectivity index (χ4v) is 2.04. The van der Waals surface area contributed by atoms with Crippen LogP contribution >= 0.6 is 15.9 Å². The van der Waals surface area contributed by atoms with Crippen LogP contribution in [0.25, 0.3) is 11.3 Å². The van der Waals surface area contributed by atoms with Crippen LogP contribution < -0.4 is 5.73 Å². The van der Waals surface area contributed by atoms with Gasteiger partial charge in [0.05, 0.1) is 0 Å². The van der Waals surface area contributed by atoms with Gasteiger partial charge in [0.15, 0.2) is 11.6 Å². The zero-order valence-electron chi connectivity index (χ0n) is 8.63. The average molecular weight is 285 g/mol. The monoisotopic (exact) mass is 284 g/mol. The van der Waals surface area contributed by atoms with E-state index in [1.807, 2.05) is 6.92 Å². The van der Waals surface area contributed by atoms with E-state index in [0.29, 0.717) is 28.0 Å². The van der Waals surface area contributed by atoms with E-state index < -0.39 is 0 Å². The highest BCUT2D eigenvalue weighted by Crippen LogP contribution is 2.30. The van der Waals surface area contributed by atoms with Crippen molar-refractivity contribution in [1.29, 1.82) is 0 Å². The Kier molecular flexibility index (Phi) is 2.96. The Labute approximate surface area is 101 Å². The Morgan fingerprint density at radius 2 is 2.19 bits per heavy atom. The van der Waals surface area contributed by atoms with Crippen molar-refractivity contribution < 1.29 is 8.91 Å². The summed E-state index contributed by atoms with van der Waals surface area (Å²) < 4.78 is 19.0. The second-order valence-electron chi connectivity index (χ2n) is 3.39. The van der Waals surface area contributed by atoms with Crippen LogP contribution in [0.5, 0.6) is 0 Å². The summed E-state index contributed by atoms with van der Waals surface area (Å²) in [6.45, 7) is 1.95. The summed E-state index contributed by atoms with van der Waals surface area (Å²) in [5, 5.41) is 3.69. The van der Waals surface area contributed by atoms with E-state index in [1.165, 1.54) is 12.1 Å². The van der Waals surface area contributed by atoms with Gasteiger partial charge in [-0.1, -0.05) is 28.0 Å². The van der Waals surface area contributed by atoms with Gasteiger partial charge in [0.1, 0.15) is 5.82 Å². The second-order valence-corrected chi connectivity index (χ2v) is 4.30. The Morgan fingerprint density at radius 3 is 2.81 bits per heavy atom. The minimum Gasteiger partial charge on any atom is -0.381 e. The van der Waals surface area contributed by atoms with Crippen LogP contribution in [0.2, 0.25) is 0 Å². The lowest BCUT2D eigenvalue weighted by molar-refractivity contribution is 0.434. The zero-order chi connectivity index (χ0) is 11.7. The molecular weight excluding hydrogens is 275 g/mol. The van der Waals surface area contributed by atoms with Crippen LogP contribution in [0.1, 0.15) is 12.5 Å². The lowest BCUT2D eigenvalue weighted by Gasteiger charge is -2.01. The van der Waals surface area contributed by atoms with Crippen molar-refractivity contribution in [2.45, 2.75) is 13.3 Å². The van der Waals surface area contributed by atoms with Crippen molar-refractivity contribution in [2.24, 2.45) is 0 Å². The van der Waals surface area contributed by atoms with E-state index in [0.717, 1.165) is 5.56 Å². The van der Waals surface area contributed by atoms with Gasteiger partial charge in [-0.15, -0.1) is 0 Å². The smallest absolute Gasteiger partial charge is 0.172 e. The molecule has 0 fully saturated rings. The molecular formula is C11H10BrFN2O. The SMILES string of the molecule is CCc1c(N)noc1-c1cc(F)cc(Br)c1. The van der Waals surface area contributed by atoms with Crippen molar-refractivity contribution in [3.8, 4) is 11.3 Å². The number of nitrogen functional groups attached to an aromatic ring is 1. The number of anilines is 1. The van der Waals surface area contributed by atoms with Crippen molar-refractivity contribution >= 4 is 21.7 Å². The van der Waals surface area contributed by atoms with Gasteiger partial charge >= 0.3 is 0 Å². The van der Waals surface area contributed by atoms with Gasteiger partial charge in [-0.25, -0.2) is 4.39 Å². The van der Waals surface area contributed by atoms with E-state index in [4.69, 9.17) is 10.3 Å². The first-order chi connectivity index (χ1) is 7.61. The third-order valence-electron chi connectivity index (χ3n) is 2.30. The maximum absolute atomic E-state index is 13.2. The fourth-order valence-electron chi connectivity index (χ4n) is 1.57. The first kappa shape index (κ1) is 11.1. The third kappa shape index (κ3) is 1.95. The summed E-state index contributed by atoms with van der Waals surface area (Å²) in [4.78, 5) is 0. The van der Waals surface area contributed by atoms with Crippen LogP contribution in [0.3, 0.4) is 0 Å². The Morgan fingerprint density at radius 1 is 1.44 bits per heavy atom. The molecule has 1 heterocycles. The summed E-state index contributed by atoms with van der Waals surface area (Å²) >= 11 is 3.23. The van der Waals surface area contributed by atoms with Crippen LogP contribution in [-0.4, -0.2) is 5.16 Å². The molecule has 0 bridgehead atoms. The van der Waals surface area contributed by atoms with Crippen molar-refractivity contribution in [2.75, 3.05) is 5.73 Å². The number of rotatable bonds is 2. The van der Waals surface area contributed by atoms with Gasteiger partial charge in [-0.2, -0.15) is 0 Å². The normalized spacial score (nSPS) is 10.7. The van der Waals surface area contributed by atoms with E-state index in [2.05, 4.69) is 21.1 Å². The summed E-state index contributed by atoms with van der Waals surface area (Å²) in [6, 6.07) is 4.54. The van der Waals surface area contributed by atoms with Crippen LogP contribution in [-0.2, 0) is 6.42 Å². The number of nitrogens with two attached hydrogens (primary N) is 1. The maximum Gasteiger partial charge on any atom is 0.172 e. The molecule has 0 saturated heterocycles. The van der Waals surface area contributed by atoms with Crippen molar-refractivity contribution in [3.05, 3.63) is 34.1 Å². The highest BCUT2D eigenvalue weighted by atomic mass is 79.9. The average Bonchev–Trinajstić information content (AvgIpc) is 2.58. The Bertz CT molecular complexity index is 504. The molecule has 1 aromatic heterocycles.